The molecule has 0 saturated carbocycles. The van der Waals surface area contributed by atoms with Crippen molar-refractivity contribution in [2.45, 2.75) is 32.7 Å². The van der Waals surface area contributed by atoms with Crippen LogP contribution in [0.25, 0.3) is 0 Å². The lowest BCUT2D eigenvalue weighted by Gasteiger charge is -2.28. The fourth-order valence-electron chi connectivity index (χ4n) is 1.61. The molecule has 0 amide bonds. The van der Waals surface area contributed by atoms with Crippen LogP contribution in [0.2, 0.25) is 0 Å². The predicted molar refractivity (Wildman–Crippen MR) is 58.0 cm³/mol. The lowest BCUT2D eigenvalue weighted by Crippen LogP contribution is -2.37. The molecule has 0 spiro atoms. The zero-order chi connectivity index (χ0) is 9.90. The lowest BCUT2D eigenvalue weighted by atomic mass is 9.91. The van der Waals surface area contributed by atoms with Gasteiger partial charge in [0.05, 0.1) is 5.54 Å². The van der Waals surface area contributed by atoms with Crippen molar-refractivity contribution in [3.63, 3.8) is 0 Å². The molecule has 0 aliphatic heterocycles. The van der Waals surface area contributed by atoms with E-state index in [1.54, 1.807) is 11.3 Å². The van der Waals surface area contributed by atoms with Crippen LogP contribution in [-0.4, -0.2) is 12.0 Å². The van der Waals surface area contributed by atoms with Crippen LogP contribution in [0.15, 0.2) is 11.6 Å². The summed E-state index contributed by atoms with van der Waals surface area (Å²) >= 11 is 1.72. The van der Waals surface area contributed by atoms with Gasteiger partial charge in [-0.15, -0.1) is 11.3 Å². The minimum Gasteiger partial charge on any atom is -0.309 e. The molecule has 1 atom stereocenters. The zero-order valence-electron chi connectivity index (χ0n) is 8.79. The molecule has 1 aromatic heterocycles. The van der Waals surface area contributed by atoms with E-state index in [-0.39, 0.29) is 5.54 Å². The van der Waals surface area contributed by atoms with E-state index in [0.717, 1.165) is 6.42 Å². The molecule has 0 aliphatic rings. The minimum absolute atomic E-state index is 0.0440. The highest BCUT2D eigenvalue weighted by Crippen LogP contribution is 2.28. The van der Waals surface area contributed by atoms with E-state index in [2.05, 4.69) is 31.1 Å². The summed E-state index contributed by atoms with van der Waals surface area (Å²) in [4.78, 5) is 4.37. The van der Waals surface area contributed by atoms with Gasteiger partial charge >= 0.3 is 0 Å². The Morgan fingerprint density at radius 2 is 2.31 bits per heavy atom. The smallest absolute Gasteiger partial charge is 0.112 e. The molecule has 0 radical (unpaired) electrons. The zero-order valence-corrected chi connectivity index (χ0v) is 9.61. The SMILES string of the molecule is CNC(C)(CC(C)C)c1nccs1. The minimum atomic E-state index is 0.0440. The van der Waals surface area contributed by atoms with Crippen LogP contribution >= 0.6 is 11.3 Å². The number of nitrogens with zero attached hydrogens (tertiary/aromatic N) is 1. The van der Waals surface area contributed by atoms with Crippen molar-refractivity contribution in [1.82, 2.24) is 10.3 Å². The average molecular weight is 198 g/mol. The Kier molecular flexibility index (Phi) is 3.45. The molecule has 0 bridgehead atoms. The Labute approximate surface area is 84.4 Å². The molecular formula is C10H18N2S. The van der Waals surface area contributed by atoms with Crippen LogP contribution in [0.3, 0.4) is 0 Å². The van der Waals surface area contributed by atoms with Gasteiger partial charge in [0.2, 0.25) is 0 Å². The highest BCUT2D eigenvalue weighted by molar-refractivity contribution is 7.09. The largest absolute Gasteiger partial charge is 0.309 e. The van der Waals surface area contributed by atoms with Gasteiger partial charge in [0.25, 0.3) is 0 Å². The molecule has 1 aromatic rings. The number of hydrogen-bond donors (Lipinski definition) is 1. The van der Waals surface area contributed by atoms with Crippen molar-refractivity contribution in [1.29, 1.82) is 0 Å². The molecule has 1 unspecified atom stereocenters. The maximum atomic E-state index is 4.37. The van der Waals surface area contributed by atoms with Crippen LogP contribution in [-0.2, 0) is 5.54 Å². The molecule has 2 nitrogen and oxygen atoms in total. The highest BCUT2D eigenvalue weighted by atomic mass is 32.1. The maximum Gasteiger partial charge on any atom is 0.112 e. The average Bonchev–Trinajstić information content (AvgIpc) is 2.55. The van der Waals surface area contributed by atoms with E-state index in [4.69, 9.17) is 0 Å². The summed E-state index contributed by atoms with van der Waals surface area (Å²) in [6, 6.07) is 0. The van der Waals surface area contributed by atoms with Crippen molar-refractivity contribution < 1.29 is 0 Å². The van der Waals surface area contributed by atoms with Crippen molar-refractivity contribution >= 4 is 11.3 Å². The third-order valence-corrected chi connectivity index (χ3v) is 3.31. The second-order valence-electron chi connectivity index (χ2n) is 4.02. The number of aromatic nitrogens is 1. The topological polar surface area (TPSA) is 24.9 Å². The lowest BCUT2D eigenvalue weighted by molar-refractivity contribution is 0.318. The van der Waals surface area contributed by atoms with Crippen molar-refractivity contribution in [3.05, 3.63) is 16.6 Å². The van der Waals surface area contributed by atoms with Crippen LogP contribution in [0.4, 0.5) is 0 Å². The highest BCUT2D eigenvalue weighted by Gasteiger charge is 2.27. The van der Waals surface area contributed by atoms with Gasteiger partial charge in [0.15, 0.2) is 0 Å². The molecule has 0 aliphatic carbocycles. The fraction of sp³-hybridized carbons (Fsp3) is 0.700. The number of thiazole rings is 1. The molecule has 13 heavy (non-hydrogen) atoms. The van der Waals surface area contributed by atoms with Crippen LogP contribution < -0.4 is 5.32 Å². The third-order valence-electron chi connectivity index (χ3n) is 2.27. The molecule has 0 aromatic carbocycles. The van der Waals surface area contributed by atoms with Gasteiger partial charge in [-0.25, -0.2) is 4.98 Å². The fourth-order valence-corrected chi connectivity index (χ4v) is 2.43. The molecule has 0 fully saturated rings. The number of hydrogen-bond acceptors (Lipinski definition) is 3. The first-order valence-electron chi connectivity index (χ1n) is 4.67. The summed E-state index contributed by atoms with van der Waals surface area (Å²) in [5, 5.41) is 6.58. The van der Waals surface area contributed by atoms with E-state index in [0.29, 0.717) is 5.92 Å². The van der Waals surface area contributed by atoms with Crippen molar-refractivity contribution in [3.8, 4) is 0 Å². The molecule has 1 rings (SSSR count). The van der Waals surface area contributed by atoms with Crippen LogP contribution in [0, 0.1) is 5.92 Å². The Hall–Kier alpha value is -0.410. The van der Waals surface area contributed by atoms with Gasteiger partial charge in [-0.1, -0.05) is 13.8 Å². The first kappa shape index (κ1) is 10.7. The standard InChI is InChI=1S/C10H18N2S/c1-8(2)7-10(3,11-4)9-12-5-6-13-9/h5-6,8,11H,7H2,1-4H3. The van der Waals surface area contributed by atoms with Crippen molar-refractivity contribution in [2.24, 2.45) is 5.92 Å². The second-order valence-corrected chi connectivity index (χ2v) is 4.91. The first-order valence-corrected chi connectivity index (χ1v) is 5.55. The van der Waals surface area contributed by atoms with E-state index in [9.17, 15) is 0 Å². The van der Waals surface area contributed by atoms with Crippen LogP contribution in [0.1, 0.15) is 32.2 Å². The summed E-state index contributed by atoms with van der Waals surface area (Å²) in [6.07, 6.45) is 2.99. The van der Waals surface area contributed by atoms with Gasteiger partial charge in [-0.3, -0.25) is 0 Å². The summed E-state index contributed by atoms with van der Waals surface area (Å²) in [6.45, 7) is 6.69. The summed E-state index contributed by atoms with van der Waals surface area (Å²) in [5.41, 5.74) is 0.0440. The Bertz CT molecular complexity index is 243. The van der Waals surface area contributed by atoms with E-state index in [1.807, 2.05) is 18.6 Å². The Balaban J connectivity index is 2.81. The van der Waals surface area contributed by atoms with E-state index < -0.39 is 0 Å². The van der Waals surface area contributed by atoms with Crippen molar-refractivity contribution in [2.75, 3.05) is 7.05 Å². The molecule has 1 heterocycles. The molecular weight excluding hydrogens is 180 g/mol. The van der Waals surface area contributed by atoms with Gasteiger partial charge in [0.1, 0.15) is 5.01 Å². The third kappa shape index (κ3) is 2.51. The van der Waals surface area contributed by atoms with Crippen LogP contribution in [0.5, 0.6) is 0 Å². The second kappa shape index (κ2) is 4.20. The summed E-state index contributed by atoms with van der Waals surface area (Å²) in [7, 11) is 2.00. The predicted octanol–water partition coefficient (Wildman–Crippen LogP) is 2.62. The summed E-state index contributed by atoms with van der Waals surface area (Å²) < 4.78 is 0. The normalized spacial score (nSPS) is 16.1. The Morgan fingerprint density at radius 1 is 1.62 bits per heavy atom. The van der Waals surface area contributed by atoms with Gasteiger partial charge in [-0.05, 0) is 26.3 Å². The summed E-state index contributed by atoms with van der Waals surface area (Å²) in [5.74, 6) is 0.682. The van der Waals surface area contributed by atoms with Gasteiger partial charge in [0, 0.05) is 11.6 Å². The molecule has 0 saturated heterocycles. The molecule has 3 heteroatoms. The van der Waals surface area contributed by atoms with Gasteiger partial charge in [-0.2, -0.15) is 0 Å². The molecule has 1 N–H and O–H groups in total. The first-order chi connectivity index (χ1) is 6.08. The monoisotopic (exact) mass is 198 g/mol. The molecule has 74 valence electrons. The quantitative estimate of drug-likeness (QED) is 0.804. The number of nitrogens with one attached hydrogen (secondary N) is 1. The number of rotatable bonds is 4. The van der Waals surface area contributed by atoms with E-state index in [1.165, 1.54) is 5.01 Å². The van der Waals surface area contributed by atoms with Gasteiger partial charge < -0.3 is 5.32 Å². The Morgan fingerprint density at radius 3 is 2.69 bits per heavy atom. The van der Waals surface area contributed by atoms with E-state index >= 15 is 0 Å². The maximum absolute atomic E-state index is 4.37.